The number of cyclic esters (lactones) is 1. The monoisotopic (exact) mass is 322 g/mol. The molecule has 0 aromatic carbocycles. The van der Waals surface area contributed by atoms with E-state index in [1.54, 1.807) is 0 Å². The molecule has 0 radical (unpaired) electrons. The number of rotatable bonds is 8. The van der Waals surface area contributed by atoms with Crippen molar-refractivity contribution in [3.8, 4) is 0 Å². The molecule has 0 bridgehead atoms. The van der Waals surface area contributed by atoms with Crippen LogP contribution in [-0.4, -0.2) is 12.1 Å². The predicted octanol–water partition coefficient (Wildman–Crippen LogP) is 6.13. The first-order valence-electron chi connectivity index (χ1n) is 10.1. The molecule has 0 aromatic heterocycles. The van der Waals surface area contributed by atoms with Crippen LogP contribution in [0.15, 0.2) is 0 Å². The zero-order valence-corrected chi connectivity index (χ0v) is 15.9. The van der Waals surface area contributed by atoms with Crippen LogP contribution in [0.2, 0.25) is 0 Å². The highest BCUT2D eigenvalue weighted by Crippen LogP contribution is 2.43. The number of hydrogen-bond acceptors (Lipinski definition) is 2. The third-order valence-corrected chi connectivity index (χ3v) is 6.76. The van der Waals surface area contributed by atoms with E-state index >= 15 is 0 Å². The van der Waals surface area contributed by atoms with Crippen LogP contribution >= 0.6 is 0 Å². The summed E-state index contributed by atoms with van der Waals surface area (Å²) in [6.45, 7) is 9.52. The molecule has 2 heteroatoms. The summed E-state index contributed by atoms with van der Waals surface area (Å²) in [6.07, 6.45) is 14.2. The molecule has 1 heterocycles. The van der Waals surface area contributed by atoms with Gasteiger partial charge in [-0.1, -0.05) is 66.2 Å². The van der Waals surface area contributed by atoms with Crippen LogP contribution in [0.1, 0.15) is 98.3 Å². The van der Waals surface area contributed by atoms with Crippen LogP contribution in [0.4, 0.5) is 0 Å². The van der Waals surface area contributed by atoms with Crippen LogP contribution in [0.25, 0.3) is 0 Å². The molecule has 0 N–H and O–H groups in total. The van der Waals surface area contributed by atoms with E-state index in [4.69, 9.17) is 4.74 Å². The van der Waals surface area contributed by atoms with Crippen molar-refractivity contribution in [1.82, 2.24) is 0 Å². The number of ether oxygens (including phenoxy) is 1. The second-order valence-electron chi connectivity index (χ2n) is 8.93. The van der Waals surface area contributed by atoms with Crippen LogP contribution in [0.3, 0.4) is 0 Å². The van der Waals surface area contributed by atoms with Crippen molar-refractivity contribution in [3.63, 3.8) is 0 Å². The van der Waals surface area contributed by atoms with Gasteiger partial charge in [0, 0.05) is 6.42 Å². The molecule has 2 rings (SSSR count). The minimum atomic E-state index is 0.00571. The Hall–Kier alpha value is -0.530. The maximum Gasteiger partial charge on any atom is 0.306 e. The summed E-state index contributed by atoms with van der Waals surface area (Å²) in [7, 11) is 0. The van der Waals surface area contributed by atoms with Gasteiger partial charge in [0.05, 0.1) is 0 Å². The zero-order valence-electron chi connectivity index (χ0n) is 15.9. The fraction of sp³-hybridized carbons (Fsp3) is 0.952. The predicted molar refractivity (Wildman–Crippen MR) is 96.3 cm³/mol. The lowest BCUT2D eigenvalue weighted by Gasteiger charge is -2.38. The lowest BCUT2D eigenvalue weighted by atomic mass is 9.68. The third-order valence-electron chi connectivity index (χ3n) is 6.76. The molecule has 134 valence electrons. The van der Waals surface area contributed by atoms with Gasteiger partial charge in [0.25, 0.3) is 0 Å². The van der Waals surface area contributed by atoms with Gasteiger partial charge in [-0.3, -0.25) is 4.79 Å². The second kappa shape index (κ2) is 8.53. The summed E-state index contributed by atoms with van der Waals surface area (Å²) in [5.41, 5.74) is 0.618. The van der Waals surface area contributed by atoms with Crippen LogP contribution < -0.4 is 0 Å². The molecule has 1 aliphatic carbocycles. The topological polar surface area (TPSA) is 26.3 Å². The Bertz CT molecular complexity index is 378. The van der Waals surface area contributed by atoms with E-state index in [9.17, 15) is 4.79 Å². The molecule has 2 aliphatic rings. The molecule has 2 nitrogen and oxygen atoms in total. The highest BCUT2D eigenvalue weighted by molar-refractivity contribution is 5.71. The Labute approximate surface area is 143 Å². The normalized spacial score (nSPS) is 34.2. The van der Waals surface area contributed by atoms with Crippen LogP contribution in [0.5, 0.6) is 0 Å². The average molecular weight is 323 g/mol. The average Bonchev–Trinajstić information content (AvgIpc) is 2.97. The van der Waals surface area contributed by atoms with Crippen molar-refractivity contribution in [2.45, 2.75) is 104 Å². The highest BCUT2D eigenvalue weighted by atomic mass is 16.5. The molecule has 5 atom stereocenters. The molecule has 1 aliphatic heterocycles. The molecule has 2 fully saturated rings. The summed E-state index contributed by atoms with van der Waals surface area (Å²) in [6, 6.07) is 0. The summed E-state index contributed by atoms with van der Waals surface area (Å²) < 4.78 is 5.41. The molecular formula is C21H38O2. The van der Waals surface area contributed by atoms with Gasteiger partial charge in [0.1, 0.15) is 6.10 Å². The van der Waals surface area contributed by atoms with Gasteiger partial charge in [0.2, 0.25) is 0 Å². The molecule has 0 aromatic rings. The van der Waals surface area contributed by atoms with Gasteiger partial charge >= 0.3 is 5.97 Å². The van der Waals surface area contributed by atoms with Gasteiger partial charge in [-0.05, 0) is 48.9 Å². The molecule has 23 heavy (non-hydrogen) atoms. The van der Waals surface area contributed by atoms with Gasteiger partial charge in [-0.2, -0.15) is 0 Å². The van der Waals surface area contributed by atoms with Gasteiger partial charge in [-0.15, -0.1) is 0 Å². The molecular weight excluding hydrogens is 284 g/mol. The van der Waals surface area contributed by atoms with Crippen LogP contribution in [0, 0.1) is 23.2 Å². The lowest BCUT2D eigenvalue weighted by Crippen LogP contribution is -2.25. The molecule has 1 saturated carbocycles. The minimum absolute atomic E-state index is 0.00571. The quantitative estimate of drug-likeness (QED) is 0.502. The van der Waals surface area contributed by atoms with Gasteiger partial charge in [0.15, 0.2) is 0 Å². The Morgan fingerprint density at radius 1 is 1.22 bits per heavy atom. The van der Waals surface area contributed by atoms with Crippen molar-refractivity contribution in [2.75, 3.05) is 0 Å². The first-order chi connectivity index (χ1) is 10.9. The fourth-order valence-electron chi connectivity index (χ4n) is 4.63. The SMILES string of the molecule is CCC1(C)CCCC(CCC(C)CCC(C)C2CCC(=O)O2)C1. The van der Waals surface area contributed by atoms with Crippen molar-refractivity contribution < 1.29 is 9.53 Å². The van der Waals surface area contributed by atoms with E-state index in [2.05, 4.69) is 27.7 Å². The second-order valence-corrected chi connectivity index (χ2v) is 8.93. The maximum atomic E-state index is 11.2. The summed E-state index contributed by atoms with van der Waals surface area (Å²) in [5, 5.41) is 0. The molecule has 5 unspecified atom stereocenters. The largest absolute Gasteiger partial charge is 0.462 e. The summed E-state index contributed by atoms with van der Waals surface area (Å²) >= 11 is 0. The third kappa shape index (κ3) is 5.80. The number of esters is 1. The maximum absolute atomic E-state index is 11.2. The van der Waals surface area contributed by atoms with Gasteiger partial charge < -0.3 is 4.74 Å². The fourth-order valence-corrected chi connectivity index (χ4v) is 4.63. The first kappa shape index (κ1) is 18.8. The zero-order chi connectivity index (χ0) is 16.9. The van der Waals surface area contributed by atoms with E-state index in [0.29, 0.717) is 17.8 Å². The van der Waals surface area contributed by atoms with Crippen LogP contribution in [-0.2, 0) is 9.53 Å². The molecule has 0 spiro atoms. The minimum Gasteiger partial charge on any atom is -0.462 e. The Kier molecular flexibility index (Phi) is 6.98. The van der Waals surface area contributed by atoms with E-state index in [1.165, 1.54) is 57.8 Å². The van der Waals surface area contributed by atoms with Crippen molar-refractivity contribution >= 4 is 5.97 Å². The van der Waals surface area contributed by atoms with Crippen molar-refractivity contribution in [1.29, 1.82) is 0 Å². The standard InChI is InChI=1S/C21H38O2/c1-5-21(4)14-6-7-18(15-21)11-9-16(2)8-10-17(3)19-12-13-20(22)23-19/h16-19H,5-15H2,1-4H3. The number of hydrogen-bond donors (Lipinski definition) is 0. The van der Waals surface area contributed by atoms with E-state index in [0.717, 1.165) is 18.3 Å². The van der Waals surface area contributed by atoms with E-state index in [1.807, 2.05) is 0 Å². The summed E-state index contributed by atoms with van der Waals surface area (Å²) in [5.74, 6) is 2.31. The smallest absolute Gasteiger partial charge is 0.306 e. The van der Waals surface area contributed by atoms with E-state index < -0.39 is 0 Å². The lowest BCUT2D eigenvalue weighted by molar-refractivity contribution is -0.143. The highest BCUT2D eigenvalue weighted by Gasteiger charge is 2.31. The van der Waals surface area contributed by atoms with Gasteiger partial charge in [-0.25, -0.2) is 0 Å². The van der Waals surface area contributed by atoms with E-state index in [-0.39, 0.29) is 12.1 Å². The van der Waals surface area contributed by atoms with Crippen molar-refractivity contribution in [2.24, 2.45) is 23.2 Å². The Morgan fingerprint density at radius 2 is 2.00 bits per heavy atom. The Balaban J connectivity index is 1.63. The Morgan fingerprint density at radius 3 is 2.65 bits per heavy atom. The number of carbonyl (C=O) groups excluding carboxylic acids is 1. The molecule has 1 saturated heterocycles. The molecule has 0 amide bonds. The number of carbonyl (C=O) groups is 1. The first-order valence-corrected chi connectivity index (χ1v) is 10.1. The van der Waals surface area contributed by atoms with Crippen molar-refractivity contribution in [3.05, 3.63) is 0 Å². The summed E-state index contributed by atoms with van der Waals surface area (Å²) in [4.78, 5) is 11.2.